The number of nitrogens with two attached hydrogens (primary N) is 1. The van der Waals surface area contributed by atoms with Gasteiger partial charge in [-0.25, -0.2) is 9.98 Å². The maximum atomic E-state index is 5.96. The number of hydrogen-bond acceptors (Lipinski definition) is 3. The van der Waals surface area contributed by atoms with Crippen molar-refractivity contribution in [2.75, 3.05) is 0 Å². The Morgan fingerprint density at radius 2 is 2.00 bits per heavy atom. The van der Waals surface area contributed by atoms with Crippen molar-refractivity contribution in [3.63, 3.8) is 0 Å². The molecule has 1 heterocycles. The zero-order chi connectivity index (χ0) is 13.8. The Hall–Kier alpha value is -1.52. The molecular formula is C15H24N4O. The lowest BCUT2D eigenvalue weighted by molar-refractivity contribution is 0.457. The molecule has 0 spiro atoms. The van der Waals surface area contributed by atoms with Gasteiger partial charge in [0.15, 0.2) is 11.9 Å². The van der Waals surface area contributed by atoms with E-state index < -0.39 is 0 Å². The number of nitrogens with zero attached hydrogens (tertiary/aromatic N) is 2. The van der Waals surface area contributed by atoms with E-state index in [1.807, 2.05) is 0 Å². The van der Waals surface area contributed by atoms with Crippen LogP contribution in [-0.2, 0) is 6.54 Å². The lowest BCUT2D eigenvalue weighted by atomic mass is 10.1. The van der Waals surface area contributed by atoms with Crippen LogP contribution in [0.3, 0.4) is 0 Å². The number of guanidine groups is 1. The van der Waals surface area contributed by atoms with Gasteiger partial charge < -0.3 is 15.5 Å². The highest BCUT2D eigenvalue weighted by Gasteiger charge is 2.28. The number of aromatic nitrogens is 1. The molecule has 2 aliphatic rings. The number of hydrogen-bond donors (Lipinski definition) is 2. The molecule has 2 aliphatic carbocycles. The van der Waals surface area contributed by atoms with Gasteiger partial charge in [0, 0.05) is 12.0 Å². The molecule has 0 radical (unpaired) electrons. The van der Waals surface area contributed by atoms with Crippen LogP contribution in [0.2, 0.25) is 0 Å². The van der Waals surface area contributed by atoms with Gasteiger partial charge in [0.05, 0.1) is 6.20 Å². The maximum absolute atomic E-state index is 5.96. The van der Waals surface area contributed by atoms with Crippen molar-refractivity contribution in [1.82, 2.24) is 10.3 Å². The molecule has 2 saturated carbocycles. The van der Waals surface area contributed by atoms with Crippen molar-refractivity contribution >= 4 is 5.96 Å². The van der Waals surface area contributed by atoms with Crippen molar-refractivity contribution in [3.05, 3.63) is 17.8 Å². The van der Waals surface area contributed by atoms with Crippen molar-refractivity contribution in [2.24, 2.45) is 10.7 Å². The third kappa shape index (κ3) is 3.74. The number of oxazole rings is 1. The molecule has 20 heavy (non-hydrogen) atoms. The van der Waals surface area contributed by atoms with Crippen molar-refractivity contribution in [3.8, 4) is 0 Å². The molecule has 0 bridgehead atoms. The first-order chi connectivity index (χ1) is 9.81. The smallest absolute Gasteiger partial charge is 0.197 e. The summed E-state index contributed by atoms with van der Waals surface area (Å²) in [7, 11) is 0. The molecule has 3 rings (SSSR count). The summed E-state index contributed by atoms with van der Waals surface area (Å²) in [5, 5.41) is 3.34. The van der Waals surface area contributed by atoms with Crippen molar-refractivity contribution < 1.29 is 4.42 Å². The van der Waals surface area contributed by atoms with Gasteiger partial charge in [-0.1, -0.05) is 25.7 Å². The van der Waals surface area contributed by atoms with Gasteiger partial charge in [0.1, 0.15) is 12.3 Å². The quantitative estimate of drug-likeness (QED) is 0.503. The molecule has 0 saturated heterocycles. The standard InChI is InChI=1S/C15H24N4O/c16-15(19-12-5-3-1-2-4-6-12)18-10-13-9-17-14(20-13)11-7-8-11/h9,11-12H,1-8,10H2,(H3,16,18,19). The molecule has 0 aromatic carbocycles. The van der Waals surface area contributed by atoms with E-state index in [1.165, 1.54) is 51.4 Å². The fourth-order valence-corrected chi connectivity index (χ4v) is 2.76. The molecule has 0 aliphatic heterocycles. The van der Waals surface area contributed by atoms with E-state index in [4.69, 9.17) is 10.2 Å². The average molecular weight is 276 g/mol. The van der Waals surface area contributed by atoms with Crippen molar-refractivity contribution in [1.29, 1.82) is 0 Å². The summed E-state index contributed by atoms with van der Waals surface area (Å²) in [6.45, 7) is 0.477. The normalized spacial score (nSPS) is 21.7. The second kappa shape index (κ2) is 6.29. The van der Waals surface area contributed by atoms with Gasteiger partial charge in [0.25, 0.3) is 0 Å². The fourth-order valence-electron chi connectivity index (χ4n) is 2.76. The summed E-state index contributed by atoms with van der Waals surface area (Å²) in [6, 6.07) is 0.484. The summed E-state index contributed by atoms with van der Waals surface area (Å²) < 4.78 is 5.67. The molecule has 0 amide bonds. The largest absolute Gasteiger partial charge is 0.443 e. The summed E-state index contributed by atoms with van der Waals surface area (Å²) in [5.41, 5.74) is 5.96. The van der Waals surface area contributed by atoms with Gasteiger partial charge >= 0.3 is 0 Å². The summed E-state index contributed by atoms with van der Waals surface area (Å²) in [4.78, 5) is 8.65. The van der Waals surface area contributed by atoms with Crippen LogP contribution < -0.4 is 11.1 Å². The van der Waals surface area contributed by atoms with E-state index in [0.717, 1.165) is 11.7 Å². The topological polar surface area (TPSA) is 76.4 Å². The second-order valence-electron chi connectivity index (χ2n) is 5.97. The van der Waals surface area contributed by atoms with E-state index in [9.17, 15) is 0 Å². The van der Waals surface area contributed by atoms with E-state index in [-0.39, 0.29) is 0 Å². The van der Waals surface area contributed by atoms with Crippen LogP contribution in [-0.4, -0.2) is 17.0 Å². The summed E-state index contributed by atoms with van der Waals surface area (Å²) in [6.07, 6.45) is 11.8. The lowest BCUT2D eigenvalue weighted by Gasteiger charge is -2.16. The van der Waals surface area contributed by atoms with Crippen LogP contribution in [0.5, 0.6) is 0 Å². The van der Waals surface area contributed by atoms with Gasteiger partial charge in [-0.2, -0.15) is 0 Å². The van der Waals surface area contributed by atoms with Gasteiger partial charge in [0.2, 0.25) is 0 Å². The molecule has 3 N–H and O–H groups in total. The molecule has 5 nitrogen and oxygen atoms in total. The van der Waals surface area contributed by atoms with Crippen LogP contribution in [0, 0.1) is 0 Å². The van der Waals surface area contributed by atoms with Crippen LogP contribution in [0.25, 0.3) is 0 Å². The zero-order valence-electron chi connectivity index (χ0n) is 12.0. The third-order valence-electron chi connectivity index (χ3n) is 4.11. The Kier molecular flexibility index (Phi) is 4.23. The first-order valence-electron chi connectivity index (χ1n) is 7.82. The fraction of sp³-hybridized carbons (Fsp3) is 0.733. The first-order valence-corrected chi connectivity index (χ1v) is 7.82. The number of nitrogens with one attached hydrogen (secondary N) is 1. The SMILES string of the molecule is NC(=NCc1cnc(C2CC2)o1)NC1CCCCCC1. The number of aliphatic imine (C=N–C) groups is 1. The van der Waals surface area contributed by atoms with E-state index in [0.29, 0.717) is 24.5 Å². The lowest BCUT2D eigenvalue weighted by Crippen LogP contribution is -2.39. The predicted octanol–water partition coefficient (Wildman–Crippen LogP) is 2.68. The monoisotopic (exact) mass is 276 g/mol. The van der Waals surface area contributed by atoms with Crippen LogP contribution in [0.4, 0.5) is 0 Å². The summed E-state index contributed by atoms with van der Waals surface area (Å²) in [5.74, 6) is 2.75. The Morgan fingerprint density at radius 1 is 1.25 bits per heavy atom. The molecular weight excluding hydrogens is 252 g/mol. The minimum atomic E-state index is 0.477. The van der Waals surface area contributed by atoms with Gasteiger partial charge in [-0.05, 0) is 25.7 Å². The Morgan fingerprint density at radius 3 is 2.70 bits per heavy atom. The van der Waals surface area contributed by atoms with E-state index in [1.54, 1.807) is 6.20 Å². The minimum Gasteiger partial charge on any atom is -0.443 e. The maximum Gasteiger partial charge on any atom is 0.197 e. The Labute approximate surface area is 120 Å². The van der Waals surface area contributed by atoms with Crippen LogP contribution in [0.15, 0.2) is 15.6 Å². The second-order valence-corrected chi connectivity index (χ2v) is 5.97. The van der Waals surface area contributed by atoms with Gasteiger partial charge in [-0.15, -0.1) is 0 Å². The van der Waals surface area contributed by atoms with E-state index in [2.05, 4.69) is 15.3 Å². The molecule has 1 aromatic rings. The molecule has 0 atom stereocenters. The highest BCUT2D eigenvalue weighted by atomic mass is 16.4. The molecule has 2 fully saturated rings. The van der Waals surface area contributed by atoms with Crippen LogP contribution >= 0.6 is 0 Å². The predicted molar refractivity (Wildman–Crippen MR) is 78.4 cm³/mol. The third-order valence-corrected chi connectivity index (χ3v) is 4.11. The summed E-state index contributed by atoms with van der Waals surface area (Å²) >= 11 is 0. The van der Waals surface area contributed by atoms with Crippen molar-refractivity contribution in [2.45, 2.75) is 69.9 Å². The molecule has 0 unspecified atom stereocenters. The number of rotatable bonds is 4. The Balaban J connectivity index is 1.48. The molecule has 1 aromatic heterocycles. The van der Waals surface area contributed by atoms with Crippen LogP contribution in [0.1, 0.15) is 68.9 Å². The first kappa shape index (κ1) is 13.5. The zero-order valence-corrected chi connectivity index (χ0v) is 12.0. The van der Waals surface area contributed by atoms with E-state index >= 15 is 0 Å². The minimum absolute atomic E-state index is 0.477. The highest BCUT2D eigenvalue weighted by Crippen LogP contribution is 2.39. The molecule has 5 heteroatoms. The Bertz CT molecular complexity index is 456. The van der Waals surface area contributed by atoms with Gasteiger partial charge in [-0.3, -0.25) is 0 Å². The highest BCUT2D eigenvalue weighted by molar-refractivity contribution is 5.78. The average Bonchev–Trinajstić information content (AvgIpc) is 3.23. The molecule has 110 valence electrons.